The number of rotatable bonds is 4. The first-order valence-corrected chi connectivity index (χ1v) is 8.44. The molecule has 0 bridgehead atoms. The highest BCUT2D eigenvalue weighted by Gasteiger charge is 2.14. The van der Waals surface area contributed by atoms with Crippen LogP contribution in [0.2, 0.25) is 0 Å². The van der Waals surface area contributed by atoms with Gasteiger partial charge in [-0.15, -0.1) is 0 Å². The lowest BCUT2D eigenvalue weighted by atomic mass is 10.1. The molecule has 1 saturated heterocycles. The summed E-state index contributed by atoms with van der Waals surface area (Å²) in [7, 11) is 3.76. The molecule has 1 aromatic carbocycles. The number of aromatic nitrogens is 1. The van der Waals surface area contributed by atoms with Crippen molar-refractivity contribution in [2.45, 2.75) is 19.3 Å². The molecule has 0 unspecified atom stereocenters. The fourth-order valence-electron chi connectivity index (χ4n) is 3.04. The molecule has 1 aromatic heterocycles. The second kappa shape index (κ2) is 7.34. The van der Waals surface area contributed by atoms with E-state index in [0.717, 1.165) is 18.8 Å². The largest absolute Gasteiger partial charge is 0.372 e. The summed E-state index contributed by atoms with van der Waals surface area (Å²) in [5, 5.41) is 2.96. The average Bonchev–Trinajstić information content (AvgIpc) is 2.63. The van der Waals surface area contributed by atoms with Gasteiger partial charge in [0.1, 0.15) is 5.82 Å². The molecule has 1 aliphatic heterocycles. The molecule has 0 atom stereocenters. The van der Waals surface area contributed by atoms with Crippen molar-refractivity contribution in [3.05, 3.63) is 48.2 Å². The second-order valence-electron chi connectivity index (χ2n) is 6.32. The van der Waals surface area contributed by atoms with Crippen molar-refractivity contribution in [1.29, 1.82) is 0 Å². The van der Waals surface area contributed by atoms with E-state index in [1.807, 2.05) is 31.1 Å². The highest BCUT2D eigenvalue weighted by molar-refractivity contribution is 6.07. The van der Waals surface area contributed by atoms with E-state index < -0.39 is 0 Å². The lowest BCUT2D eigenvalue weighted by Crippen LogP contribution is -2.29. The summed E-state index contributed by atoms with van der Waals surface area (Å²) in [6.45, 7) is 2.24. The van der Waals surface area contributed by atoms with Gasteiger partial charge in [0.25, 0.3) is 5.91 Å². The first kappa shape index (κ1) is 16.3. The number of pyridine rings is 1. The fraction of sp³-hybridized carbons (Fsp3) is 0.368. The average molecular weight is 324 g/mol. The summed E-state index contributed by atoms with van der Waals surface area (Å²) in [6.07, 6.45) is 5.53. The van der Waals surface area contributed by atoms with Crippen molar-refractivity contribution in [2.24, 2.45) is 0 Å². The highest BCUT2D eigenvalue weighted by atomic mass is 16.1. The summed E-state index contributed by atoms with van der Waals surface area (Å²) < 4.78 is 0. The van der Waals surface area contributed by atoms with E-state index in [9.17, 15) is 4.79 Å². The SMILES string of the molecule is CN(C)c1ncccc1C(=O)Nc1ccc(N2CCCCC2)cc1. The minimum absolute atomic E-state index is 0.141. The van der Waals surface area contributed by atoms with Crippen LogP contribution in [0, 0.1) is 0 Å². The van der Waals surface area contributed by atoms with Gasteiger partial charge in [-0.25, -0.2) is 4.98 Å². The van der Waals surface area contributed by atoms with Crippen molar-refractivity contribution >= 4 is 23.1 Å². The Kier molecular flexibility index (Phi) is 4.99. The first-order chi connectivity index (χ1) is 11.6. The molecule has 1 amide bonds. The predicted molar refractivity (Wildman–Crippen MR) is 99.0 cm³/mol. The molecule has 2 heterocycles. The van der Waals surface area contributed by atoms with Crippen LogP contribution in [0.3, 0.4) is 0 Å². The van der Waals surface area contributed by atoms with Gasteiger partial charge in [-0.2, -0.15) is 0 Å². The minimum Gasteiger partial charge on any atom is -0.372 e. The van der Waals surface area contributed by atoms with E-state index >= 15 is 0 Å². The maximum Gasteiger partial charge on any atom is 0.259 e. The van der Waals surface area contributed by atoms with Crippen molar-refractivity contribution in [2.75, 3.05) is 42.3 Å². The van der Waals surface area contributed by atoms with Crippen LogP contribution in [0.4, 0.5) is 17.2 Å². The number of piperidine rings is 1. The van der Waals surface area contributed by atoms with E-state index in [0.29, 0.717) is 11.4 Å². The van der Waals surface area contributed by atoms with Gasteiger partial charge in [0.05, 0.1) is 5.56 Å². The van der Waals surface area contributed by atoms with Crippen molar-refractivity contribution in [3.63, 3.8) is 0 Å². The van der Waals surface area contributed by atoms with Gasteiger partial charge in [-0.05, 0) is 55.7 Å². The molecule has 0 spiro atoms. The first-order valence-electron chi connectivity index (χ1n) is 8.44. The van der Waals surface area contributed by atoms with E-state index in [1.54, 1.807) is 18.3 Å². The molecule has 0 radical (unpaired) electrons. The molecule has 5 nitrogen and oxygen atoms in total. The van der Waals surface area contributed by atoms with Crippen LogP contribution in [0.15, 0.2) is 42.6 Å². The Bertz CT molecular complexity index is 691. The number of hydrogen-bond acceptors (Lipinski definition) is 4. The summed E-state index contributed by atoms with van der Waals surface area (Å²) >= 11 is 0. The third-order valence-electron chi connectivity index (χ3n) is 4.30. The Balaban J connectivity index is 1.71. The Labute approximate surface area is 143 Å². The standard InChI is InChI=1S/C19H24N4O/c1-22(2)18-17(7-6-12-20-18)19(24)21-15-8-10-16(11-9-15)23-13-4-3-5-14-23/h6-12H,3-5,13-14H2,1-2H3,(H,21,24). The van der Waals surface area contributed by atoms with Crippen LogP contribution < -0.4 is 15.1 Å². The third-order valence-corrected chi connectivity index (χ3v) is 4.30. The van der Waals surface area contributed by atoms with Crippen LogP contribution in [0.25, 0.3) is 0 Å². The van der Waals surface area contributed by atoms with E-state index in [-0.39, 0.29) is 5.91 Å². The van der Waals surface area contributed by atoms with Crippen LogP contribution in [-0.4, -0.2) is 38.1 Å². The molecule has 0 aliphatic carbocycles. The van der Waals surface area contributed by atoms with Gasteiger partial charge in [-0.1, -0.05) is 0 Å². The van der Waals surface area contributed by atoms with Crippen molar-refractivity contribution < 1.29 is 4.79 Å². The van der Waals surface area contributed by atoms with Gasteiger partial charge < -0.3 is 15.1 Å². The highest BCUT2D eigenvalue weighted by Crippen LogP contribution is 2.23. The van der Waals surface area contributed by atoms with Crippen LogP contribution >= 0.6 is 0 Å². The number of nitrogens with one attached hydrogen (secondary N) is 1. The zero-order chi connectivity index (χ0) is 16.9. The Morgan fingerprint density at radius 1 is 1.08 bits per heavy atom. The van der Waals surface area contributed by atoms with E-state index in [2.05, 4.69) is 27.3 Å². The summed E-state index contributed by atoms with van der Waals surface area (Å²) in [5.41, 5.74) is 2.60. The fourth-order valence-corrected chi connectivity index (χ4v) is 3.04. The second-order valence-corrected chi connectivity index (χ2v) is 6.32. The quantitative estimate of drug-likeness (QED) is 0.936. The Morgan fingerprint density at radius 3 is 2.46 bits per heavy atom. The van der Waals surface area contributed by atoms with E-state index in [4.69, 9.17) is 0 Å². The van der Waals surface area contributed by atoms with Gasteiger partial charge >= 0.3 is 0 Å². The number of carbonyl (C=O) groups excluding carboxylic acids is 1. The van der Waals surface area contributed by atoms with Gasteiger partial charge in [-0.3, -0.25) is 4.79 Å². The number of amides is 1. The van der Waals surface area contributed by atoms with E-state index in [1.165, 1.54) is 24.9 Å². The maximum absolute atomic E-state index is 12.5. The molecular formula is C19H24N4O. The molecule has 1 N–H and O–H groups in total. The number of hydrogen-bond donors (Lipinski definition) is 1. The third kappa shape index (κ3) is 3.67. The molecule has 1 aliphatic rings. The van der Waals surface area contributed by atoms with Crippen molar-refractivity contribution in [3.8, 4) is 0 Å². The van der Waals surface area contributed by atoms with Crippen molar-refractivity contribution in [1.82, 2.24) is 4.98 Å². The molecule has 1 fully saturated rings. The summed E-state index contributed by atoms with van der Waals surface area (Å²) in [5.74, 6) is 0.525. The zero-order valence-electron chi connectivity index (χ0n) is 14.3. The van der Waals surface area contributed by atoms with Crippen LogP contribution in [-0.2, 0) is 0 Å². The predicted octanol–water partition coefficient (Wildman–Crippen LogP) is 3.39. The Hall–Kier alpha value is -2.56. The summed E-state index contributed by atoms with van der Waals surface area (Å²) in [6, 6.07) is 11.7. The molecule has 24 heavy (non-hydrogen) atoms. The molecule has 5 heteroatoms. The summed E-state index contributed by atoms with van der Waals surface area (Å²) in [4.78, 5) is 21.1. The topological polar surface area (TPSA) is 48.5 Å². The molecule has 3 rings (SSSR count). The van der Waals surface area contributed by atoms with Gasteiger partial charge in [0, 0.05) is 44.8 Å². The molecular weight excluding hydrogens is 300 g/mol. The number of benzene rings is 1. The molecule has 2 aromatic rings. The lowest BCUT2D eigenvalue weighted by molar-refractivity contribution is 0.102. The lowest BCUT2D eigenvalue weighted by Gasteiger charge is -2.28. The maximum atomic E-state index is 12.5. The number of anilines is 3. The normalized spacial score (nSPS) is 14.3. The molecule has 126 valence electrons. The van der Waals surface area contributed by atoms with Crippen LogP contribution in [0.5, 0.6) is 0 Å². The number of carbonyl (C=O) groups is 1. The smallest absolute Gasteiger partial charge is 0.259 e. The zero-order valence-corrected chi connectivity index (χ0v) is 14.3. The van der Waals surface area contributed by atoms with Crippen LogP contribution in [0.1, 0.15) is 29.6 Å². The minimum atomic E-state index is -0.141. The monoisotopic (exact) mass is 324 g/mol. The number of nitrogens with zero attached hydrogens (tertiary/aromatic N) is 3. The van der Waals surface area contributed by atoms with Gasteiger partial charge in [0.15, 0.2) is 0 Å². The Morgan fingerprint density at radius 2 is 1.79 bits per heavy atom. The van der Waals surface area contributed by atoms with Gasteiger partial charge in [0.2, 0.25) is 0 Å². The molecule has 0 saturated carbocycles.